The number of hydrogen-bond acceptors (Lipinski definition) is 0. The van der Waals surface area contributed by atoms with Gasteiger partial charge in [0.15, 0.2) is 0 Å². The molecule has 0 spiro atoms. The number of benzene rings is 3. The minimum absolute atomic E-state index is 0.671. The van der Waals surface area contributed by atoms with Crippen molar-refractivity contribution < 1.29 is 0 Å². The molecule has 2 fully saturated rings. The van der Waals surface area contributed by atoms with E-state index < -0.39 is 0 Å². The van der Waals surface area contributed by atoms with Crippen molar-refractivity contribution in [3.8, 4) is 0 Å². The summed E-state index contributed by atoms with van der Waals surface area (Å²) in [6, 6.07) is 31.9. The van der Waals surface area contributed by atoms with Crippen molar-refractivity contribution in [1.29, 1.82) is 0 Å². The molecule has 6 rings (SSSR count). The first-order valence-corrected chi connectivity index (χ1v) is 10.1. The third-order valence-electron chi connectivity index (χ3n) is 7.54. The van der Waals surface area contributed by atoms with Crippen LogP contribution >= 0.6 is 0 Å². The zero-order valence-electron chi connectivity index (χ0n) is 15.0. The highest BCUT2D eigenvalue weighted by molar-refractivity contribution is 5.50. The molecule has 0 amide bonds. The van der Waals surface area contributed by atoms with Crippen LogP contribution in [0.2, 0.25) is 0 Å². The van der Waals surface area contributed by atoms with Gasteiger partial charge in [-0.15, -0.1) is 0 Å². The van der Waals surface area contributed by atoms with Gasteiger partial charge in [-0.1, -0.05) is 84.9 Å². The minimum Gasteiger partial charge on any atom is -0.0622 e. The predicted octanol–water partition coefficient (Wildman–Crippen LogP) is 6.47. The van der Waals surface area contributed by atoms with Crippen molar-refractivity contribution in [3.63, 3.8) is 0 Å². The molecule has 6 atom stereocenters. The molecule has 0 radical (unpaired) electrons. The van der Waals surface area contributed by atoms with Gasteiger partial charge in [-0.25, -0.2) is 0 Å². The Kier molecular flexibility index (Phi) is 3.17. The first kappa shape index (κ1) is 14.8. The van der Waals surface area contributed by atoms with Crippen LogP contribution in [-0.2, 0) is 0 Å². The molecule has 0 saturated heterocycles. The van der Waals surface area contributed by atoms with E-state index in [9.17, 15) is 0 Å². The van der Waals surface area contributed by atoms with Crippen LogP contribution in [0.4, 0.5) is 0 Å². The minimum atomic E-state index is 0.671. The number of fused-ring (bicyclic) bond motifs is 6. The fourth-order valence-corrected chi connectivity index (χ4v) is 6.61. The Morgan fingerprint density at radius 2 is 1.08 bits per heavy atom. The topological polar surface area (TPSA) is 0 Å². The van der Waals surface area contributed by atoms with Crippen LogP contribution in [0.15, 0.2) is 84.9 Å². The van der Waals surface area contributed by atoms with Crippen molar-refractivity contribution in [2.24, 2.45) is 11.8 Å². The van der Waals surface area contributed by atoms with Crippen molar-refractivity contribution >= 4 is 0 Å². The largest absolute Gasteiger partial charge is 0.0622 e. The summed E-state index contributed by atoms with van der Waals surface area (Å²) in [5.41, 5.74) is 6.40. The molecule has 3 aliphatic rings. The zero-order valence-corrected chi connectivity index (χ0v) is 15.0. The second-order valence-electron chi connectivity index (χ2n) is 8.45. The Labute approximate surface area is 155 Å². The summed E-state index contributed by atoms with van der Waals surface area (Å²) >= 11 is 0. The maximum atomic E-state index is 2.40. The predicted molar refractivity (Wildman–Crippen MR) is 107 cm³/mol. The van der Waals surface area contributed by atoms with Gasteiger partial charge in [-0.3, -0.25) is 0 Å². The molecule has 3 aromatic carbocycles. The summed E-state index contributed by atoms with van der Waals surface area (Å²) in [7, 11) is 0. The first-order valence-electron chi connectivity index (χ1n) is 10.1. The number of rotatable bonds is 2. The van der Waals surface area contributed by atoms with Crippen molar-refractivity contribution in [2.45, 2.75) is 36.5 Å². The molecule has 0 N–H and O–H groups in total. The lowest BCUT2D eigenvalue weighted by Gasteiger charge is -2.64. The zero-order chi connectivity index (χ0) is 17.1. The quantitative estimate of drug-likeness (QED) is 0.503. The fraction of sp³-hybridized carbons (Fsp3) is 0.308. The SMILES string of the molecule is c1ccc(C2C3CCC4c5ccccc5C4C3C2c2ccccc2)cc1. The smallest absolute Gasteiger partial charge is 0.00529 e. The van der Waals surface area contributed by atoms with Gasteiger partial charge >= 0.3 is 0 Å². The van der Waals surface area contributed by atoms with Crippen LogP contribution in [0, 0.1) is 11.8 Å². The summed E-state index contributed by atoms with van der Waals surface area (Å²) in [5.74, 6) is 4.63. The monoisotopic (exact) mass is 336 g/mol. The van der Waals surface area contributed by atoms with Gasteiger partial charge in [-0.2, -0.15) is 0 Å². The third-order valence-corrected chi connectivity index (χ3v) is 7.54. The third kappa shape index (κ3) is 1.91. The Morgan fingerprint density at radius 1 is 0.500 bits per heavy atom. The van der Waals surface area contributed by atoms with E-state index in [4.69, 9.17) is 0 Å². The highest BCUT2D eigenvalue weighted by Crippen LogP contribution is 2.72. The van der Waals surface area contributed by atoms with E-state index >= 15 is 0 Å². The lowest BCUT2D eigenvalue weighted by atomic mass is 9.40. The molecular weight excluding hydrogens is 312 g/mol. The lowest BCUT2D eigenvalue weighted by molar-refractivity contribution is 0.00201. The van der Waals surface area contributed by atoms with Crippen LogP contribution in [0.5, 0.6) is 0 Å². The van der Waals surface area contributed by atoms with Gasteiger partial charge in [0.05, 0.1) is 0 Å². The fourth-order valence-electron chi connectivity index (χ4n) is 6.61. The van der Waals surface area contributed by atoms with Crippen LogP contribution in [0.25, 0.3) is 0 Å². The molecular formula is C26H24. The van der Waals surface area contributed by atoms with E-state index in [-0.39, 0.29) is 0 Å². The van der Waals surface area contributed by atoms with Gasteiger partial charge in [0.2, 0.25) is 0 Å². The van der Waals surface area contributed by atoms with Crippen LogP contribution in [0.3, 0.4) is 0 Å². The summed E-state index contributed by atoms with van der Waals surface area (Å²) in [5, 5.41) is 0. The average molecular weight is 336 g/mol. The van der Waals surface area contributed by atoms with E-state index in [0.29, 0.717) is 11.8 Å². The molecule has 128 valence electrons. The van der Waals surface area contributed by atoms with E-state index in [1.807, 2.05) is 0 Å². The molecule has 26 heavy (non-hydrogen) atoms. The Hall–Kier alpha value is -2.34. The summed E-state index contributed by atoms with van der Waals surface area (Å²) in [4.78, 5) is 0. The number of hydrogen-bond donors (Lipinski definition) is 0. The van der Waals surface area contributed by atoms with Gasteiger partial charge in [0.1, 0.15) is 0 Å². The molecule has 2 saturated carbocycles. The van der Waals surface area contributed by atoms with E-state index in [1.165, 1.54) is 12.8 Å². The first-order chi connectivity index (χ1) is 12.9. The molecule has 0 heteroatoms. The second-order valence-corrected chi connectivity index (χ2v) is 8.45. The van der Waals surface area contributed by atoms with Crippen LogP contribution in [0.1, 0.15) is 58.8 Å². The van der Waals surface area contributed by atoms with Crippen LogP contribution in [-0.4, -0.2) is 0 Å². The van der Waals surface area contributed by atoms with Gasteiger partial charge in [0.25, 0.3) is 0 Å². The maximum Gasteiger partial charge on any atom is -0.00529 e. The molecule has 0 aromatic heterocycles. The maximum absolute atomic E-state index is 2.40. The highest BCUT2D eigenvalue weighted by atomic mass is 14.6. The molecule has 3 aliphatic carbocycles. The van der Waals surface area contributed by atoms with Crippen molar-refractivity contribution in [3.05, 3.63) is 107 Å². The van der Waals surface area contributed by atoms with Crippen molar-refractivity contribution in [1.82, 2.24) is 0 Å². The molecule has 0 aliphatic heterocycles. The standard InChI is InChI=1S/C26H24/c1-3-9-17(10-4-1)23-22-16-15-21-19-13-7-8-14-20(19)25(21)26(22)24(23)18-11-5-2-6-12-18/h1-14,21-26H,15-16H2. The Balaban J connectivity index is 1.45. The molecule has 0 heterocycles. The van der Waals surface area contributed by atoms with E-state index in [2.05, 4.69) is 84.9 Å². The van der Waals surface area contributed by atoms with E-state index in [0.717, 1.165) is 23.7 Å². The molecule has 0 nitrogen and oxygen atoms in total. The Morgan fingerprint density at radius 3 is 1.77 bits per heavy atom. The molecule has 3 aromatic rings. The van der Waals surface area contributed by atoms with Gasteiger partial charge in [-0.05, 0) is 70.6 Å². The summed E-state index contributed by atoms with van der Waals surface area (Å²) in [6.45, 7) is 0. The van der Waals surface area contributed by atoms with Crippen molar-refractivity contribution in [2.75, 3.05) is 0 Å². The van der Waals surface area contributed by atoms with Gasteiger partial charge < -0.3 is 0 Å². The average Bonchev–Trinajstić information content (AvgIpc) is 2.69. The Bertz CT molecular complexity index is 927. The summed E-state index contributed by atoms with van der Waals surface area (Å²) in [6.07, 6.45) is 2.77. The van der Waals surface area contributed by atoms with E-state index in [1.54, 1.807) is 22.3 Å². The highest BCUT2D eigenvalue weighted by Gasteiger charge is 2.60. The van der Waals surface area contributed by atoms with Gasteiger partial charge in [0, 0.05) is 0 Å². The molecule has 6 unspecified atom stereocenters. The molecule has 0 bridgehead atoms. The summed E-state index contributed by atoms with van der Waals surface area (Å²) < 4.78 is 0. The van der Waals surface area contributed by atoms with Crippen LogP contribution < -0.4 is 0 Å². The second kappa shape index (κ2) is 5.58. The normalized spacial score (nSPS) is 33.8. The lowest BCUT2D eigenvalue weighted by Crippen LogP contribution is -2.53.